The van der Waals surface area contributed by atoms with Crippen LogP contribution in [0, 0.1) is 0 Å². The van der Waals surface area contributed by atoms with Gasteiger partial charge in [0.25, 0.3) is 0 Å². The molecule has 1 heterocycles. The van der Waals surface area contributed by atoms with Crippen molar-refractivity contribution in [2.24, 2.45) is 0 Å². The van der Waals surface area contributed by atoms with Crippen LogP contribution in [0.2, 0.25) is 0 Å². The van der Waals surface area contributed by atoms with Crippen LogP contribution in [0.4, 0.5) is 0 Å². The molecule has 0 spiro atoms. The number of carboxylic acid groups (broad SMARTS) is 2. The Kier molecular flexibility index (Phi) is 5.05. The van der Waals surface area contributed by atoms with Gasteiger partial charge in [-0.3, -0.25) is 14.4 Å². The molecule has 1 rings (SSSR count). The van der Waals surface area contributed by atoms with Crippen molar-refractivity contribution in [2.75, 3.05) is 26.7 Å². The second-order valence-electron chi connectivity index (χ2n) is 4.04. The van der Waals surface area contributed by atoms with E-state index in [4.69, 9.17) is 14.9 Å². The third kappa shape index (κ3) is 3.97. The van der Waals surface area contributed by atoms with Gasteiger partial charge in [-0.25, -0.2) is 0 Å². The van der Waals surface area contributed by atoms with Crippen molar-refractivity contribution >= 4 is 17.8 Å². The second kappa shape index (κ2) is 6.31. The van der Waals surface area contributed by atoms with Gasteiger partial charge in [0, 0.05) is 13.7 Å². The van der Waals surface area contributed by atoms with Crippen LogP contribution in [0.15, 0.2) is 0 Å². The van der Waals surface area contributed by atoms with E-state index in [2.05, 4.69) is 5.32 Å². The highest BCUT2D eigenvalue weighted by Gasteiger charge is 2.33. The molecule has 8 nitrogen and oxygen atoms in total. The number of methoxy groups -OCH3 is 1. The molecular formula is C10H16N2O6. The van der Waals surface area contributed by atoms with Crippen LogP contribution >= 0.6 is 0 Å². The third-order valence-electron chi connectivity index (χ3n) is 2.69. The van der Waals surface area contributed by atoms with Gasteiger partial charge >= 0.3 is 11.9 Å². The first kappa shape index (κ1) is 14.4. The normalized spacial score (nSPS) is 22.7. The summed E-state index contributed by atoms with van der Waals surface area (Å²) in [6.45, 7) is -0.761. The maximum atomic E-state index is 12.0. The summed E-state index contributed by atoms with van der Waals surface area (Å²) in [5, 5.41) is 20.2. The van der Waals surface area contributed by atoms with Gasteiger partial charge in [0.05, 0.1) is 12.1 Å². The second-order valence-corrected chi connectivity index (χ2v) is 4.04. The number of ether oxygens (including phenoxy) is 1. The zero-order chi connectivity index (χ0) is 13.7. The van der Waals surface area contributed by atoms with Crippen molar-refractivity contribution in [3.63, 3.8) is 0 Å². The van der Waals surface area contributed by atoms with Gasteiger partial charge < -0.3 is 25.2 Å². The Labute approximate surface area is 104 Å². The van der Waals surface area contributed by atoms with E-state index in [0.717, 1.165) is 4.90 Å². The van der Waals surface area contributed by atoms with Crippen molar-refractivity contribution in [3.05, 3.63) is 0 Å². The number of aliphatic carboxylic acids is 2. The van der Waals surface area contributed by atoms with E-state index < -0.39 is 37.0 Å². The Hall–Kier alpha value is -1.67. The molecule has 0 aromatic heterocycles. The summed E-state index contributed by atoms with van der Waals surface area (Å²) < 4.78 is 5.07. The molecule has 0 aliphatic carbocycles. The quantitative estimate of drug-likeness (QED) is 0.524. The SMILES string of the molecule is COC1CNC(C(=O)N(CC(=O)O)CC(=O)O)C1. The molecule has 0 radical (unpaired) electrons. The topological polar surface area (TPSA) is 116 Å². The molecule has 18 heavy (non-hydrogen) atoms. The number of hydrogen-bond acceptors (Lipinski definition) is 5. The molecule has 0 aromatic rings. The summed E-state index contributed by atoms with van der Waals surface area (Å²) in [6, 6.07) is -0.589. The first-order chi connectivity index (χ1) is 8.43. The number of amides is 1. The predicted octanol–water partition coefficient (Wildman–Crippen LogP) is -1.64. The minimum Gasteiger partial charge on any atom is -0.480 e. The Morgan fingerprint density at radius 1 is 1.28 bits per heavy atom. The Balaban J connectivity index is 2.64. The zero-order valence-corrected chi connectivity index (χ0v) is 9.96. The first-order valence-electron chi connectivity index (χ1n) is 5.42. The third-order valence-corrected chi connectivity index (χ3v) is 2.69. The van der Waals surface area contributed by atoms with Gasteiger partial charge in [-0.1, -0.05) is 0 Å². The molecule has 0 aromatic carbocycles. The van der Waals surface area contributed by atoms with Gasteiger partial charge in [-0.2, -0.15) is 0 Å². The molecule has 0 bridgehead atoms. The molecule has 3 N–H and O–H groups in total. The lowest BCUT2D eigenvalue weighted by Crippen LogP contribution is -2.47. The van der Waals surface area contributed by atoms with Gasteiger partial charge in [-0.15, -0.1) is 0 Å². The summed E-state index contributed by atoms with van der Waals surface area (Å²) in [5.41, 5.74) is 0. The van der Waals surface area contributed by atoms with Crippen molar-refractivity contribution < 1.29 is 29.3 Å². The van der Waals surface area contributed by atoms with Crippen LogP contribution in [-0.2, 0) is 19.1 Å². The van der Waals surface area contributed by atoms with Gasteiger partial charge in [0.1, 0.15) is 13.1 Å². The van der Waals surface area contributed by atoms with Gasteiger partial charge in [-0.05, 0) is 6.42 Å². The van der Waals surface area contributed by atoms with Crippen molar-refractivity contribution in [1.82, 2.24) is 10.2 Å². The summed E-state index contributed by atoms with van der Waals surface area (Å²) >= 11 is 0. The van der Waals surface area contributed by atoms with E-state index >= 15 is 0 Å². The molecule has 1 amide bonds. The molecule has 2 unspecified atom stereocenters. The minimum absolute atomic E-state index is 0.115. The monoisotopic (exact) mass is 260 g/mol. The minimum atomic E-state index is -1.24. The van der Waals surface area contributed by atoms with Crippen LogP contribution in [-0.4, -0.2) is 71.8 Å². The summed E-state index contributed by atoms with van der Waals surface area (Å²) in [4.78, 5) is 34.0. The number of nitrogens with one attached hydrogen (secondary N) is 1. The van der Waals surface area contributed by atoms with E-state index in [1.54, 1.807) is 0 Å². The van der Waals surface area contributed by atoms with Crippen LogP contribution in [0.3, 0.4) is 0 Å². The Morgan fingerprint density at radius 3 is 2.22 bits per heavy atom. The van der Waals surface area contributed by atoms with E-state index in [0.29, 0.717) is 13.0 Å². The fraction of sp³-hybridized carbons (Fsp3) is 0.700. The number of carboxylic acids is 2. The molecule has 0 saturated carbocycles. The lowest BCUT2D eigenvalue weighted by Gasteiger charge is -2.22. The standard InChI is InChI=1S/C10H16N2O6/c1-18-6-2-7(11-3-6)10(17)12(4-8(13)14)5-9(15)16/h6-7,11H,2-5H2,1H3,(H,13,14)(H,15,16). The summed E-state index contributed by atoms with van der Waals surface area (Å²) in [5.74, 6) is -3.02. The van der Waals surface area contributed by atoms with Crippen molar-refractivity contribution in [2.45, 2.75) is 18.6 Å². The number of nitrogens with zero attached hydrogens (tertiary/aromatic N) is 1. The van der Waals surface area contributed by atoms with Gasteiger partial charge in [0.15, 0.2) is 0 Å². The van der Waals surface area contributed by atoms with E-state index in [9.17, 15) is 14.4 Å². The van der Waals surface area contributed by atoms with Crippen LogP contribution in [0.1, 0.15) is 6.42 Å². The maximum absolute atomic E-state index is 12.0. The average Bonchev–Trinajstić information content (AvgIpc) is 2.74. The molecule has 8 heteroatoms. The average molecular weight is 260 g/mol. The van der Waals surface area contributed by atoms with Crippen molar-refractivity contribution in [3.8, 4) is 0 Å². The van der Waals surface area contributed by atoms with E-state index in [1.807, 2.05) is 0 Å². The smallest absolute Gasteiger partial charge is 0.323 e. The van der Waals surface area contributed by atoms with Gasteiger partial charge in [0.2, 0.25) is 5.91 Å². The molecule has 1 aliphatic rings. The predicted molar refractivity (Wildman–Crippen MR) is 59.1 cm³/mol. The largest absolute Gasteiger partial charge is 0.480 e. The van der Waals surface area contributed by atoms with Crippen LogP contribution in [0.25, 0.3) is 0 Å². The van der Waals surface area contributed by atoms with Crippen molar-refractivity contribution in [1.29, 1.82) is 0 Å². The number of carbonyl (C=O) groups excluding carboxylic acids is 1. The molecule has 102 valence electrons. The molecule has 1 fully saturated rings. The maximum Gasteiger partial charge on any atom is 0.323 e. The van der Waals surface area contributed by atoms with E-state index in [-0.39, 0.29) is 6.10 Å². The Bertz CT molecular complexity index is 329. The lowest BCUT2D eigenvalue weighted by molar-refractivity contribution is -0.150. The summed E-state index contributed by atoms with van der Waals surface area (Å²) in [7, 11) is 1.52. The zero-order valence-electron chi connectivity index (χ0n) is 9.96. The van der Waals surface area contributed by atoms with E-state index in [1.165, 1.54) is 7.11 Å². The molecule has 2 atom stereocenters. The fourth-order valence-corrected chi connectivity index (χ4v) is 1.83. The number of rotatable bonds is 6. The molecular weight excluding hydrogens is 244 g/mol. The first-order valence-corrected chi connectivity index (χ1v) is 5.42. The highest BCUT2D eigenvalue weighted by atomic mass is 16.5. The van der Waals surface area contributed by atoms with Crippen LogP contribution < -0.4 is 5.32 Å². The molecule has 1 aliphatic heterocycles. The number of hydrogen-bond donors (Lipinski definition) is 3. The Morgan fingerprint density at radius 2 is 1.83 bits per heavy atom. The van der Waals surface area contributed by atoms with Crippen LogP contribution in [0.5, 0.6) is 0 Å². The fourth-order valence-electron chi connectivity index (χ4n) is 1.83. The summed E-state index contributed by atoms with van der Waals surface area (Å²) in [6.07, 6.45) is 0.292. The highest BCUT2D eigenvalue weighted by Crippen LogP contribution is 2.12. The number of carbonyl (C=O) groups is 3. The molecule has 1 saturated heterocycles. The lowest BCUT2D eigenvalue weighted by atomic mass is 10.1. The highest BCUT2D eigenvalue weighted by molar-refractivity contribution is 5.88.